The minimum Gasteiger partial charge on any atom is -0.494 e. The quantitative estimate of drug-likeness (QED) is 0.410. The van der Waals surface area contributed by atoms with Gasteiger partial charge in [0.15, 0.2) is 5.96 Å². The molecule has 1 heterocycles. The van der Waals surface area contributed by atoms with Gasteiger partial charge in [-0.2, -0.15) is 0 Å². The molecule has 1 aliphatic rings. The number of ether oxygens (including phenoxy) is 1. The molecule has 0 aliphatic carbocycles. The van der Waals surface area contributed by atoms with Gasteiger partial charge in [-0.15, -0.1) is 0 Å². The molecule has 25 heavy (non-hydrogen) atoms. The summed E-state index contributed by atoms with van der Waals surface area (Å²) in [5, 5.41) is 6.96. The minimum atomic E-state index is 0.534. The highest BCUT2D eigenvalue weighted by atomic mass is 16.5. The summed E-state index contributed by atoms with van der Waals surface area (Å²) in [5.41, 5.74) is 0. The van der Waals surface area contributed by atoms with Crippen LogP contribution in [0.25, 0.3) is 0 Å². The molecule has 2 rings (SSSR count). The molecule has 0 aromatic heterocycles. The van der Waals surface area contributed by atoms with E-state index < -0.39 is 0 Å². The van der Waals surface area contributed by atoms with Crippen molar-refractivity contribution >= 4 is 5.96 Å². The SMILES string of the molecule is CCCN1CCC(NC(=NCCCOc2ccccc2)NCC)CC1. The van der Waals surface area contributed by atoms with Crippen LogP contribution in [-0.4, -0.2) is 56.2 Å². The summed E-state index contributed by atoms with van der Waals surface area (Å²) in [6.45, 7) is 10.3. The van der Waals surface area contributed by atoms with E-state index in [9.17, 15) is 0 Å². The standard InChI is InChI=1S/C20H34N4O/c1-3-14-24-15-11-18(12-16-24)23-20(21-4-2)22-13-8-17-25-19-9-6-5-7-10-19/h5-7,9-10,18H,3-4,8,11-17H2,1-2H3,(H2,21,22,23). The second-order valence-electron chi connectivity index (χ2n) is 6.54. The van der Waals surface area contributed by atoms with Gasteiger partial charge in [-0.1, -0.05) is 25.1 Å². The average molecular weight is 347 g/mol. The van der Waals surface area contributed by atoms with Crippen molar-refractivity contribution in [3.63, 3.8) is 0 Å². The number of aliphatic imine (C=N–C) groups is 1. The van der Waals surface area contributed by atoms with Crippen molar-refractivity contribution in [1.82, 2.24) is 15.5 Å². The van der Waals surface area contributed by atoms with Crippen LogP contribution in [0.4, 0.5) is 0 Å². The topological polar surface area (TPSA) is 48.9 Å². The van der Waals surface area contributed by atoms with Crippen molar-refractivity contribution in [1.29, 1.82) is 0 Å². The first-order valence-electron chi connectivity index (χ1n) is 9.76. The van der Waals surface area contributed by atoms with Gasteiger partial charge in [0.05, 0.1) is 6.61 Å². The molecule has 5 heteroatoms. The fourth-order valence-electron chi connectivity index (χ4n) is 3.09. The lowest BCUT2D eigenvalue weighted by Crippen LogP contribution is -2.48. The van der Waals surface area contributed by atoms with E-state index in [2.05, 4.69) is 29.4 Å². The van der Waals surface area contributed by atoms with E-state index in [0.29, 0.717) is 12.6 Å². The Morgan fingerprint density at radius 3 is 2.64 bits per heavy atom. The molecule has 0 unspecified atom stereocenters. The predicted octanol–water partition coefficient (Wildman–Crippen LogP) is 2.89. The van der Waals surface area contributed by atoms with Crippen molar-refractivity contribution in [3.05, 3.63) is 30.3 Å². The highest BCUT2D eigenvalue weighted by Gasteiger charge is 2.19. The smallest absolute Gasteiger partial charge is 0.191 e. The molecule has 0 amide bonds. The van der Waals surface area contributed by atoms with E-state index in [0.717, 1.165) is 31.2 Å². The van der Waals surface area contributed by atoms with E-state index in [1.165, 1.54) is 38.9 Å². The normalized spacial score (nSPS) is 16.6. The van der Waals surface area contributed by atoms with Gasteiger partial charge < -0.3 is 20.3 Å². The fraction of sp³-hybridized carbons (Fsp3) is 0.650. The largest absolute Gasteiger partial charge is 0.494 e. The number of hydrogen-bond donors (Lipinski definition) is 2. The Labute approximate surface area is 152 Å². The van der Waals surface area contributed by atoms with Crippen LogP contribution in [0.15, 0.2) is 35.3 Å². The van der Waals surface area contributed by atoms with Crippen LogP contribution >= 0.6 is 0 Å². The van der Waals surface area contributed by atoms with Crippen molar-refractivity contribution in [3.8, 4) is 5.75 Å². The van der Waals surface area contributed by atoms with Gasteiger partial charge in [-0.05, 0) is 44.9 Å². The molecule has 5 nitrogen and oxygen atoms in total. The van der Waals surface area contributed by atoms with E-state index in [4.69, 9.17) is 9.73 Å². The molecule has 0 atom stereocenters. The number of nitrogens with zero attached hydrogens (tertiary/aromatic N) is 2. The lowest BCUT2D eigenvalue weighted by molar-refractivity contribution is 0.206. The third-order valence-electron chi connectivity index (χ3n) is 4.40. The number of nitrogens with one attached hydrogen (secondary N) is 2. The Morgan fingerprint density at radius 2 is 1.96 bits per heavy atom. The van der Waals surface area contributed by atoms with Gasteiger partial charge in [0.2, 0.25) is 0 Å². The molecule has 1 aliphatic heterocycles. The third-order valence-corrected chi connectivity index (χ3v) is 4.40. The molecule has 0 spiro atoms. The molecule has 140 valence electrons. The number of guanidine groups is 1. The Hall–Kier alpha value is -1.75. The van der Waals surface area contributed by atoms with E-state index in [1.807, 2.05) is 30.3 Å². The molecule has 2 N–H and O–H groups in total. The van der Waals surface area contributed by atoms with Crippen molar-refractivity contribution in [2.45, 2.75) is 45.6 Å². The molecule has 0 saturated carbocycles. The van der Waals surface area contributed by atoms with Crippen LogP contribution in [0.5, 0.6) is 5.75 Å². The number of rotatable bonds is 9. The van der Waals surface area contributed by atoms with Gasteiger partial charge in [0.25, 0.3) is 0 Å². The second kappa shape index (κ2) is 11.7. The van der Waals surface area contributed by atoms with Crippen LogP contribution in [-0.2, 0) is 0 Å². The first-order chi connectivity index (χ1) is 12.3. The maximum absolute atomic E-state index is 5.72. The third kappa shape index (κ3) is 7.78. The average Bonchev–Trinajstić information content (AvgIpc) is 2.64. The molecule has 0 bridgehead atoms. The Bertz CT molecular complexity index is 484. The highest BCUT2D eigenvalue weighted by molar-refractivity contribution is 5.80. The Balaban J connectivity index is 1.67. The number of benzene rings is 1. The summed E-state index contributed by atoms with van der Waals surface area (Å²) in [5.74, 6) is 1.87. The van der Waals surface area contributed by atoms with E-state index >= 15 is 0 Å². The summed E-state index contributed by atoms with van der Waals surface area (Å²) in [4.78, 5) is 7.25. The van der Waals surface area contributed by atoms with Gasteiger partial charge >= 0.3 is 0 Å². The molecular weight excluding hydrogens is 312 g/mol. The van der Waals surface area contributed by atoms with Crippen LogP contribution in [0.3, 0.4) is 0 Å². The van der Waals surface area contributed by atoms with E-state index in [-0.39, 0.29) is 0 Å². The molecule has 1 aromatic carbocycles. The summed E-state index contributed by atoms with van der Waals surface area (Å²) in [7, 11) is 0. The Kier molecular flexibility index (Phi) is 9.19. The van der Waals surface area contributed by atoms with Crippen LogP contribution in [0.2, 0.25) is 0 Å². The summed E-state index contributed by atoms with van der Waals surface area (Å²) >= 11 is 0. The zero-order valence-corrected chi connectivity index (χ0v) is 15.8. The molecule has 1 saturated heterocycles. The summed E-state index contributed by atoms with van der Waals surface area (Å²) in [6, 6.07) is 10.5. The number of para-hydroxylation sites is 1. The second-order valence-corrected chi connectivity index (χ2v) is 6.54. The van der Waals surface area contributed by atoms with Crippen LogP contribution < -0.4 is 15.4 Å². The van der Waals surface area contributed by atoms with Crippen LogP contribution in [0.1, 0.15) is 39.5 Å². The highest BCUT2D eigenvalue weighted by Crippen LogP contribution is 2.10. The van der Waals surface area contributed by atoms with Crippen LogP contribution in [0, 0.1) is 0 Å². The molecule has 1 aromatic rings. The number of likely N-dealkylation sites (tertiary alicyclic amines) is 1. The van der Waals surface area contributed by atoms with E-state index in [1.54, 1.807) is 0 Å². The van der Waals surface area contributed by atoms with Crippen molar-refractivity contribution in [2.75, 3.05) is 39.3 Å². The summed E-state index contributed by atoms with van der Waals surface area (Å²) in [6.07, 6.45) is 4.55. The zero-order chi connectivity index (χ0) is 17.7. The predicted molar refractivity (Wildman–Crippen MR) is 105 cm³/mol. The van der Waals surface area contributed by atoms with Gasteiger partial charge in [-0.3, -0.25) is 4.99 Å². The number of hydrogen-bond acceptors (Lipinski definition) is 3. The monoisotopic (exact) mass is 346 g/mol. The first kappa shape index (κ1) is 19.6. The lowest BCUT2D eigenvalue weighted by atomic mass is 10.1. The Morgan fingerprint density at radius 1 is 1.20 bits per heavy atom. The maximum Gasteiger partial charge on any atom is 0.191 e. The minimum absolute atomic E-state index is 0.534. The maximum atomic E-state index is 5.72. The zero-order valence-electron chi connectivity index (χ0n) is 15.8. The molecule has 1 fully saturated rings. The van der Waals surface area contributed by atoms with Crippen molar-refractivity contribution < 1.29 is 4.74 Å². The van der Waals surface area contributed by atoms with Crippen molar-refractivity contribution in [2.24, 2.45) is 4.99 Å². The molecular formula is C20H34N4O. The summed E-state index contributed by atoms with van der Waals surface area (Å²) < 4.78 is 5.72. The first-order valence-corrected chi connectivity index (χ1v) is 9.76. The number of piperidine rings is 1. The fourth-order valence-corrected chi connectivity index (χ4v) is 3.09. The molecule has 0 radical (unpaired) electrons. The van der Waals surface area contributed by atoms with Gasteiger partial charge in [-0.25, -0.2) is 0 Å². The lowest BCUT2D eigenvalue weighted by Gasteiger charge is -2.32. The van der Waals surface area contributed by atoms with Gasteiger partial charge in [0.1, 0.15) is 5.75 Å². The van der Waals surface area contributed by atoms with Gasteiger partial charge in [0, 0.05) is 38.6 Å².